The van der Waals surface area contributed by atoms with Crippen LogP contribution in [-0.4, -0.2) is 8.42 Å². The lowest BCUT2D eigenvalue weighted by Crippen LogP contribution is -2.14. The third-order valence-corrected chi connectivity index (χ3v) is 5.05. The molecule has 3 nitrogen and oxygen atoms in total. The van der Waals surface area contributed by atoms with Crippen LogP contribution in [0.25, 0.3) is 0 Å². The van der Waals surface area contributed by atoms with Crippen LogP contribution < -0.4 is 4.72 Å². The number of anilines is 1. The normalized spacial score (nSPS) is 11.2. The van der Waals surface area contributed by atoms with Gasteiger partial charge >= 0.3 is 0 Å². The fourth-order valence-corrected chi connectivity index (χ4v) is 4.25. The topological polar surface area (TPSA) is 46.2 Å². The van der Waals surface area contributed by atoms with E-state index in [1.54, 1.807) is 36.4 Å². The van der Waals surface area contributed by atoms with Gasteiger partial charge in [-0.05, 0) is 40.2 Å². The van der Waals surface area contributed by atoms with E-state index in [1.807, 2.05) is 6.07 Å². The molecule has 0 radical (unpaired) electrons. The van der Waals surface area contributed by atoms with Gasteiger partial charge in [0.15, 0.2) is 0 Å². The van der Waals surface area contributed by atoms with Gasteiger partial charge in [-0.3, -0.25) is 4.72 Å². The first kappa shape index (κ1) is 13.4. The average Bonchev–Trinajstić information content (AvgIpc) is 2.28. The van der Waals surface area contributed by atoms with E-state index < -0.39 is 10.0 Å². The molecule has 0 amide bonds. The Morgan fingerprint density at radius 1 is 1.00 bits per heavy atom. The number of rotatable bonds is 3. The highest BCUT2D eigenvalue weighted by molar-refractivity contribution is 9.10. The van der Waals surface area contributed by atoms with Crippen molar-refractivity contribution in [1.29, 1.82) is 0 Å². The van der Waals surface area contributed by atoms with Crippen LogP contribution in [0.4, 0.5) is 5.69 Å². The monoisotopic (exact) mass is 345 g/mol. The summed E-state index contributed by atoms with van der Waals surface area (Å²) in [5, 5.41) is 0.174. The van der Waals surface area contributed by atoms with E-state index in [0.29, 0.717) is 10.2 Å². The fraction of sp³-hybridized carbons (Fsp3) is 0. The molecule has 2 aromatic carbocycles. The van der Waals surface area contributed by atoms with E-state index in [2.05, 4.69) is 20.7 Å². The van der Waals surface area contributed by atoms with Crippen LogP contribution in [0.2, 0.25) is 5.02 Å². The Hall–Kier alpha value is -1.04. The summed E-state index contributed by atoms with van der Waals surface area (Å²) >= 11 is 9.12. The van der Waals surface area contributed by atoms with Crippen molar-refractivity contribution >= 4 is 43.2 Å². The minimum absolute atomic E-state index is 0.0375. The quantitative estimate of drug-likeness (QED) is 0.916. The Kier molecular flexibility index (Phi) is 3.94. The van der Waals surface area contributed by atoms with Gasteiger partial charge in [0.25, 0.3) is 10.0 Å². The molecular weight excluding hydrogens is 338 g/mol. The highest BCUT2D eigenvalue weighted by atomic mass is 79.9. The van der Waals surface area contributed by atoms with Crippen LogP contribution >= 0.6 is 27.5 Å². The summed E-state index contributed by atoms with van der Waals surface area (Å²) in [6.45, 7) is 0. The van der Waals surface area contributed by atoms with E-state index in [-0.39, 0.29) is 9.92 Å². The van der Waals surface area contributed by atoms with E-state index in [0.717, 1.165) is 0 Å². The summed E-state index contributed by atoms with van der Waals surface area (Å²) in [5.74, 6) is 0. The maximum Gasteiger partial charge on any atom is 0.264 e. The van der Waals surface area contributed by atoms with Crippen molar-refractivity contribution in [2.45, 2.75) is 4.90 Å². The Morgan fingerprint density at radius 3 is 2.28 bits per heavy atom. The number of benzene rings is 2. The molecule has 0 unspecified atom stereocenters. The summed E-state index contributed by atoms with van der Waals surface area (Å²) in [5.41, 5.74) is 0.490. The molecule has 0 atom stereocenters. The molecule has 2 aromatic rings. The molecule has 6 heteroatoms. The zero-order valence-electron chi connectivity index (χ0n) is 9.10. The Balaban J connectivity index is 2.44. The highest BCUT2D eigenvalue weighted by Crippen LogP contribution is 2.30. The third kappa shape index (κ3) is 2.85. The van der Waals surface area contributed by atoms with Gasteiger partial charge in [0.1, 0.15) is 4.90 Å². The van der Waals surface area contributed by atoms with Crippen molar-refractivity contribution in [2.75, 3.05) is 4.72 Å². The van der Waals surface area contributed by atoms with Crippen LogP contribution in [0.5, 0.6) is 0 Å². The highest BCUT2D eigenvalue weighted by Gasteiger charge is 2.21. The zero-order valence-corrected chi connectivity index (χ0v) is 12.3. The number of para-hydroxylation sites is 1. The number of halogens is 2. The molecule has 1 N–H and O–H groups in total. The Labute approximate surface area is 119 Å². The molecule has 0 heterocycles. The van der Waals surface area contributed by atoms with Crippen LogP contribution in [0, 0.1) is 0 Å². The predicted molar refractivity (Wildman–Crippen MR) is 76.4 cm³/mol. The van der Waals surface area contributed by atoms with Crippen molar-refractivity contribution in [1.82, 2.24) is 0 Å². The SMILES string of the molecule is O=S(=O)(Nc1ccccc1)c1c(Cl)cccc1Br. The zero-order chi connectivity index (χ0) is 13.2. The summed E-state index contributed by atoms with van der Waals surface area (Å²) in [6.07, 6.45) is 0. The molecule has 0 aliphatic heterocycles. The molecule has 18 heavy (non-hydrogen) atoms. The van der Waals surface area contributed by atoms with Gasteiger partial charge in [0.05, 0.1) is 5.02 Å². The van der Waals surface area contributed by atoms with Crippen LogP contribution in [0.15, 0.2) is 57.9 Å². The first-order chi connectivity index (χ1) is 8.50. The summed E-state index contributed by atoms with van der Waals surface area (Å²) in [7, 11) is -3.70. The number of hydrogen-bond acceptors (Lipinski definition) is 2. The largest absolute Gasteiger partial charge is 0.280 e. The fourth-order valence-electron chi connectivity index (χ4n) is 1.45. The van der Waals surface area contributed by atoms with Crippen molar-refractivity contribution in [3.8, 4) is 0 Å². The molecule has 0 bridgehead atoms. The van der Waals surface area contributed by atoms with Crippen LogP contribution in [0.3, 0.4) is 0 Å². The third-order valence-electron chi connectivity index (χ3n) is 2.21. The van der Waals surface area contributed by atoms with Gasteiger partial charge in [0, 0.05) is 10.2 Å². The van der Waals surface area contributed by atoms with Gasteiger partial charge < -0.3 is 0 Å². The molecule has 0 aliphatic rings. The second kappa shape index (κ2) is 5.30. The first-order valence-electron chi connectivity index (χ1n) is 5.02. The number of sulfonamides is 1. The minimum Gasteiger partial charge on any atom is -0.280 e. The lowest BCUT2D eigenvalue weighted by molar-refractivity contribution is 0.601. The van der Waals surface area contributed by atoms with Gasteiger partial charge in [-0.15, -0.1) is 0 Å². The second-order valence-corrected chi connectivity index (χ2v) is 6.40. The van der Waals surface area contributed by atoms with Crippen molar-refractivity contribution < 1.29 is 8.42 Å². The maximum atomic E-state index is 12.2. The van der Waals surface area contributed by atoms with Crippen molar-refractivity contribution in [3.05, 3.63) is 58.0 Å². The van der Waals surface area contributed by atoms with Crippen LogP contribution in [-0.2, 0) is 10.0 Å². The van der Waals surface area contributed by atoms with Crippen molar-refractivity contribution in [2.24, 2.45) is 0 Å². The lowest BCUT2D eigenvalue weighted by atomic mass is 10.3. The molecule has 0 aliphatic carbocycles. The second-order valence-electron chi connectivity index (χ2n) is 3.52. The standard InChI is InChI=1S/C12H9BrClNO2S/c13-10-7-4-8-11(14)12(10)18(16,17)15-9-5-2-1-3-6-9/h1-8,15H. The van der Waals surface area contributed by atoms with Gasteiger partial charge in [0.2, 0.25) is 0 Å². The molecule has 0 saturated heterocycles. The smallest absolute Gasteiger partial charge is 0.264 e. The maximum absolute atomic E-state index is 12.2. The predicted octanol–water partition coefficient (Wildman–Crippen LogP) is 3.90. The lowest BCUT2D eigenvalue weighted by Gasteiger charge is -2.10. The van der Waals surface area contributed by atoms with E-state index in [9.17, 15) is 8.42 Å². The number of nitrogens with one attached hydrogen (secondary N) is 1. The first-order valence-corrected chi connectivity index (χ1v) is 7.68. The summed E-state index contributed by atoms with van der Waals surface area (Å²) in [4.78, 5) is 0.0375. The summed E-state index contributed by atoms with van der Waals surface area (Å²) in [6, 6.07) is 13.5. The van der Waals surface area contributed by atoms with Gasteiger partial charge in [-0.25, -0.2) is 8.42 Å². The van der Waals surface area contributed by atoms with Gasteiger partial charge in [-0.2, -0.15) is 0 Å². The molecule has 0 aromatic heterocycles. The molecule has 0 saturated carbocycles. The van der Waals surface area contributed by atoms with E-state index in [1.165, 1.54) is 6.07 Å². The number of hydrogen-bond donors (Lipinski definition) is 1. The summed E-state index contributed by atoms with van der Waals surface area (Å²) < 4.78 is 27.3. The van der Waals surface area contributed by atoms with E-state index >= 15 is 0 Å². The van der Waals surface area contributed by atoms with Crippen molar-refractivity contribution in [3.63, 3.8) is 0 Å². The average molecular weight is 347 g/mol. The molecule has 0 fully saturated rings. The van der Waals surface area contributed by atoms with E-state index in [4.69, 9.17) is 11.6 Å². The van der Waals surface area contributed by atoms with Crippen LogP contribution in [0.1, 0.15) is 0 Å². The minimum atomic E-state index is -3.70. The molecule has 94 valence electrons. The Morgan fingerprint density at radius 2 is 1.67 bits per heavy atom. The molecule has 2 rings (SSSR count). The van der Waals surface area contributed by atoms with Gasteiger partial charge in [-0.1, -0.05) is 35.9 Å². The molecular formula is C12H9BrClNO2S. The Bertz CT molecular complexity index is 639. The molecule has 0 spiro atoms.